The number of nitrogens with two attached hydrogens (primary N) is 1. The SMILES string of the molecule is CCc1c(N2CC[C@@H](N)[C@H](CC)C2)c(F)cc2c(=O)c(C(=O)O)cn(CC)c12. The molecule has 0 saturated carbocycles. The lowest BCUT2D eigenvalue weighted by atomic mass is 9.89. The molecule has 1 saturated heterocycles. The summed E-state index contributed by atoms with van der Waals surface area (Å²) in [7, 11) is 0. The van der Waals surface area contributed by atoms with Crippen LogP contribution in [0.3, 0.4) is 0 Å². The number of anilines is 1. The molecule has 3 N–H and O–H groups in total. The first-order valence-electron chi connectivity index (χ1n) is 9.96. The minimum atomic E-state index is -1.30. The zero-order valence-corrected chi connectivity index (χ0v) is 16.7. The minimum absolute atomic E-state index is 0.113. The molecule has 2 heterocycles. The molecule has 1 fully saturated rings. The highest BCUT2D eigenvalue weighted by molar-refractivity contribution is 5.95. The van der Waals surface area contributed by atoms with Crippen molar-refractivity contribution in [1.29, 1.82) is 0 Å². The lowest BCUT2D eigenvalue weighted by Crippen LogP contribution is -2.47. The summed E-state index contributed by atoms with van der Waals surface area (Å²) in [5.41, 5.74) is 7.13. The van der Waals surface area contributed by atoms with Gasteiger partial charge in [0.25, 0.3) is 0 Å². The summed E-state index contributed by atoms with van der Waals surface area (Å²) in [5, 5.41) is 9.48. The standard InChI is InChI=1S/C21H28FN3O3/c1-4-12-10-25(8-7-17(12)23)19-13(5-2)18-14(9-16(19)22)20(26)15(21(27)28)11-24(18)6-3/h9,11-12,17H,4-8,10,23H2,1-3H3,(H,27,28)/t12-,17-/m1/s1. The average Bonchev–Trinajstić information content (AvgIpc) is 2.68. The summed E-state index contributed by atoms with van der Waals surface area (Å²) in [6.07, 6.45) is 3.62. The molecule has 152 valence electrons. The number of benzene rings is 1. The number of fused-ring (bicyclic) bond motifs is 1. The molecule has 7 heteroatoms. The second kappa shape index (κ2) is 7.91. The smallest absolute Gasteiger partial charge is 0.341 e. The minimum Gasteiger partial charge on any atom is -0.477 e. The number of hydrogen-bond donors (Lipinski definition) is 2. The first-order valence-corrected chi connectivity index (χ1v) is 9.96. The zero-order valence-electron chi connectivity index (χ0n) is 16.7. The third kappa shape index (κ3) is 3.28. The maximum atomic E-state index is 15.3. The van der Waals surface area contributed by atoms with E-state index in [0.717, 1.165) is 18.4 Å². The van der Waals surface area contributed by atoms with Crippen molar-refractivity contribution in [2.75, 3.05) is 18.0 Å². The van der Waals surface area contributed by atoms with E-state index in [9.17, 15) is 14.7 Å². The average molecular weight is 389 g/mol. The fourth-order valence-corrected chi connectivity index (χ4v) is 4.37. The summed E-state index contributed by atoms with van der Waals surface area (Å²) in [6, 6.07) is 1.32. The predicted octanol–water partition coefficient (Wildman–Crippen LogP) is 2.98. The first-order chi connectivity index (χ1) is 13.3. The van der Waals surface area contributed by atoms with E-state index in [-0.39, 0.29) is 22.9 Å². The molecule has 3 rings (SSSR count). The number of halogens is 1. The second-order valence-electron chi connectivity index (χ2n) is 7.47. The van der Waals surface area contributed by atoms with Gasteiger partial charge in [-0.05, 0) is 31.7 Å². The number of rotatable bonds is 5. The van der Waals surface area contributed by atoms with E-state index in [2.05, 4.69) is 6.92 Å². The number of carboxylic acid groups (broad SMARTS) is 1. The Morgan fingerprint density at radius 1 is 1.36 bits per heavy atom. The van der Waals surface area contributed by atoms with Gasteiger partial charge in [-0.25, -0.2) is 9.18 Å². The van der Waals surface area contributed by atoms with Crippen LogP contribution in [0, 0.1) is 11.7 Å². The van der Waals surface area contributed by atoms with Crippen molar-refractivity contribution in [2.45, 2.75) is 52.6 Å². The van der Waals surface area contributed by atoms with Crippen molar-refractivity contribution in [2.24, 2.45) is 11.7 Å². The van der Waals surface area contributed by atoms with Gasteiger partial charge in [0, 0.05) is 42.8 Å². The summed E-state index contributed by atoms with van der Waals surface area (Å²) >= 11 is 0. The number of aromatic nitrogens is 1. The van der Waals surface area contributed by atoms with Crippen LogP contribution in [0.25, 0.3) is 10.9 Å². The maximum Gasteiger partial charge on any atom is 0.341 e. The molecule has 0 amide bonds. The highest BCUT2D eigenvalue weighted by Gasteiger charge is 2.30. The van der Waals surface area contributed by atoms with Gasteiger partial charge in [0.05, 0.1) is 11.2 Å². The fraction of sp³-hybridized carbons (Fsp3) is 0.524. The summed E-state index contributed by atoms with van der Waals surface area (Å²) in [5.74, 6) is -1.49. The van der Waals surface area contributed by atoms with Crippen LogP contribution in [0.1, 0.15) is 49.5 Å². The number of piperidine rings is 1. The van der Waals surface area contributed by atoms with E-state index < -0.39 is 17.2 Å². The Labute approximate surface area is 163 Å². The number of aromatic carboxylic acids is 1. The normalized spacial score (nSPS) is 20.0. The number of aryl methyl sites for hydroxylation is 2. The summed E-state index contributed by atoms with van der Waals surface area (Å²) < 4.78 is 17.0. The Kier molecular flexibility index (Phi) is 5.74. The van der Waals surface area contributed by atoms with Crippen molar-refractivity contribution in [3.63, 3.8) is 0 Å². The van der Waals surface area contributed by atoms with E-state index in [4.69, 9.17) is 5.73 Å². The van der Waals surface area contributed by atoms with Gasteiger partial charge in [-0.1, -0.05) is 20.3 Å². The Bertz CT molecular complexity index is 970. The Morgan fingerprint density at radius 2 is 2.07 bits per heavy atom. The third-order valence-corrected chi connectivity index (χ3v) is 5.94. The van der Waals surface area contributed by atoms with E-state index in [1.54, 1.807) is 4.57 Å². The third-order valence-electron chi connectivity index (χ3n) is 5.94. The second-order valence-corrected chi connectivity index (χ2v) is 7.47. The molecule has 0 spiro atoms. The summed E-state index contributed by atoms with van der Waals surface area (Å²) in [6.45, 7) is 7.73. The fourth-order valence-electron chi connectivity index (χ4n) is 4.37. The lowest BCUT2D eigenvalue weighted by Gasteiger charge is -2.39. The molecule has 0 radical (unpaired) electrons. The molecule has 6 nitrogen and oxygen atoms in total. The highest BCUT2D eigenvalue weighted by atomic mass is 19.1. The van der Waals surface area contributed by atoms with Gasteiger partial charge in [-0.3, -0.25) is 4.79 Å². The molecule has 28 heavy (non-hydrogen) atoms. The maximum absolute atomic E-state index is 15.3. The molecule has 0 bridgehead atoms. The van der Waals surface area contributed by atoms with E-state index >= 15 is 4.39 Å². The van der Waals surface area contributed by atoms with Gasteiger partial charge >= 0.3 is 5.97 Å². The van der Waals surface area contributed by atoms with Crippen LogP contribution in [0.2, 0.25) is 0 Å². The van der Waals surface area contributed by atoms with Crippen LogP contribution in [0.15, 0.2) is 17.1 Å². The predicted molar refractivity (Wildman–Crippen MR) is 109 cm³/mol. The van der Waals surface area contributed by atoms with Crippen LogP contribution < -0.4 is 16.1 Å². The Morgan fingerprint density at radius 3 is 2.64 bits per heavy atom. The van der Waals surface area contributed by atoms with Crippen LogP contribution in [0.4, 0.5) is 10.1 Å². The van der Waals surface area contributed by atoms with Crippen LogP contribution in [-0.2, 0) is 13.0 Å². The topological polar surface area (TPSA) is 88.6 Å². The van der Waals surface area contributed by atoms with Gasteiger partial charge in [0.2, 0.25) is 5.43 Å². The molecule has 2 atom stereocenters. The number of pyridine rings is 1. The van der Waals surface area contributed by atoms with E-state index in [0.29, 0.717) is 37.3 Å². The molecule has 2 aromatic rings. The van der Waals surface area contributed by atoms with Crippen molar-refractivity contribution in [1.82, 2.24) is 4.57 Å². The number of hydrogen-bond acceptors (Lipinski definition) is 4. The van der Waals surface area contributed by atoms with Crippen LogP contribution in [0.5, 0.6) is 0 Å². The van der Waals surface area contributed by atoms with Crippen molar-refractivity contribution in [3.8, 4) is 0 Å². The van der Waals surface area contributed by atoms with Gasteiger partial charge in [-0.15, -0.1) is 0 Å². The number of carboxylic acids is 1. The van der Waals surface area contributed by atoms with Gasteiger partial charge in [-0.2, -0.15) is 0 Å². The Balaban J connectivity index is 2.28. The summed E-state index contributed by atoms with van der Waals surface area (Å²) in [4.78, 5) is 26.2. The number of carbonyl (C=O) groups is 1. The van der Waals surface area contributed by atoms with Crippen LogP contribution in [-0.4, -0.2) is 34.8 Å². The van der Waals surface area contributed by atoms with E-state index in [1.807, 2.05) is 18.7 Å². The quantitative estimate of drug-likeness (QED) is 0.821. The molecule has 0 aliphatic carbocycles. The monoisotopic (exact) mass is 389 g/mol. The molecule has 1 aliphatic heterocycles. The molecular formula is C21H28FN3O3. The van der Waals surface area contributed by atoms with Crippen LogP contribution >= 0.6 is 0 Å². The first kappa shape index (κ1) is 20.3. The molecule has 0 unspecified atom stereocenters. The van der Waals surface area contributed by atoms with Gasteiger partial charge in [0.15, 0.2) is 0 Å². The Hall–Kier alpha value is -2.41. The molecular weight excluding hydrogens is 361 g/mol. The molecule has 1 aliphatic rings. The van der Waals surface area contributed by atoms with Gasteiger partial charge in [0.1, 0.15) is 11.4 Å². The van der Waals surface area contributed by atoms with Crippen molar-refractivity contribution in [3.05, 3.63) is 39.4 Å². The highest BCUT2D eigenvalue weighted by Crippen LogP contribution is 2.34. The lowest BCUT2D eigenvalue weighted by molar-refractivity contribution is 0.0695. The van der Waals surface area contributed by atoms with Gasteiger partial charge < -0.3 is 20.3 Å². The zero-order chi connectivity index (χ0) is 20.6. The molecule has 1 aromatic carbocycles. The molecule has 1 aromatic heterocycles. The van der Waals surface area contributed by atoms with Crippen molar-refractivity contribution < 1.29 is 14.3 Å². The van der Waals surface area contributed by atoms with E-state index in [1.165, 1.54) is 12.3 Å². The largest absolute Gasteiger partial charge is 0.477 e. The van der Waals surface area contributed by atoms with Crippen molar-refractivity contribution >= 4 is 22.6 Å². The number of nitrogens with zero attached hydrogens (tertiary/aromatic N) is 2.